The maximum Gasteiger partial charge on any atom is 0.311 e. The number of nitrogens with zero attached hydrogens (tertiary/aromatic N) is 3. The molecule has 0 N–H and O–H groups in total. The lowest BCUT2D eigenvalue weighted by Crippen LogP contribution is -1.99. The highest BCUT2D eigenvalue weighted by molar-refractivity contribution is 5.60. The molecule has 0 aromatic carbocycles. The molecule has 1 aromatic rings. The van der Waals surface area contributed by atoms with Gasteiger partial charge in [0.05, 0.1) is 4.92 Å². The third-order valence-corrected chi connectivity index (χ3v) is 1.71. The highest BCUT2D eigenvalue weighted by Crippen LogP contribution is 2.28. The molecule has 2 heterocycles. The number of nitro groups is 1. The van der Waals surface area contributed by atoms with E-state index in [2.05, 4.69) is 4.98 Å². The number of hydrogen-bond donors (Lipinski definition) is 0. The predicted molar refractivity (Wildman–Crippen MR) is 43.1 cm³/mol. The van der Waals surface area contributed by atoms with Gasteiger partial charge in [-0.3, -0.25) is 10.1 Å². The summed E-state index contributed by atoms with van der Waals surface area (Å²) in [6.45, 7) is 1.75. The average molecular weight is 165 g/mol. The molecule has 1 aliphatic heterocycles. The van der Waals surface area contributed by atoms with Crippen LogP contribution in [0.4, 0.5) is 11.5 Å². The van der Waals surface area contributed by atoms with E-state index in [0.29, 0.717) is 5.82 Å². The summed E-state index contributed by atoms with van der Waals surface area (Å²) < 4.78 is 0. The Morgan fingerprint density at radius 2 is 2.33 bits per heavy atom. The van der Waals surface area contributed by atoms with E-state index in [9.17, 15) is 10.1 Å². The topological polar surface area (TPSA) is 59.0 Å². The lowest BCUT2D eigenvalue weighted by Gasteiger charge is -2.00. The molecule has 5 heteroatoms. The van der Waals surface area contributed by atoms with Gasteiger partial charge in [-0.1, -0.05) is 0 Å². The molecule has 5 nitrogen and oxygen atoms in total. The van der Waals surface area contributed by atoms with Crippen molar-refractivity contribution in [2.75, 3.05) is 18.0 Å². The highest BCUT2D eigenvalue weighted by Gasteiger charge is 2.27. The van der Waals surface area contributed by atoms with E-state index >= 15 is 0 Å². The lowest BCUT2D eigenvalue weighted by molar-refractivity contribution is -0.384. The summed E-state index contributed by atoms with van der Waals surface area (Å²) in [4.78, 5) is 15.9. The Bertz CT molecular complexity index is 322. The molecule has 62 valence electrons. The molecule has 1 aromatic heterocycles. The quantitative estimate of drug-likeness (QED) is 0.369. The van der Waals surface area contributed by atoms with E-state index in [0.717, 1.165) is 13.1 Å². The van der Waals surface area contributed by atoms with Gasteiger partial charge in [-0.15, -0.1) is 0 Å². The maximum atomic E-state index is 10.5. The highest BCUT2D eigenvalue weighted by atomic mass is 16.6. The van der Waals surface area contributed by atoms with Crippen molar-refractivity contribution in [2.45, 2.75) is 0 Å². The first-order valence-corrected chi connectivity index (χ1v) is 3.63. The Labute approximate surface area is 68.8 Å². The molecular weight excluding hydrogens is 158 g/mol. The minimum atomic E-state index is -0.402. The van der Waals surface area contributed by atoms with Crippen molar-refractivity contribution in [3.8, 4) is 0 Å². The van der Waals surface area contributed by atoms with E-state index in [4.69, 9.17) is 0 Å². The van der Waals surface area contributed by atoms with Gasteiger partial charge in [0.15, 0.2) is 0 Å². The molecule has 1 saturated heterocycles. The molecule has 0 unspecified atom stereocenters. The van der Waals surface area contributed by atoms with Crippen LogP contribution in [0.25, 0.3) is 0 Å². The second kappa shape index (κ2) is 2.44. The van der Waals surface area contributed by atoms with Crippen LogP contribution in [0.1, 0.15) is 0 Å². The smallest absolute Gasteiger partial charge is 0.311 e. The molecule has 12 heavy (non-hydrogen) atoms. The Morgan fingerprint density at radius 1 is 1.58 bits per heavy atom. The van der Waals surface area contributed by atoms with Crippen molar-refractivity contribution < 1.29 is 4.92 Å². The SMILES string of the molecule is O=[N+]([O-])c1cccnc1N1CC1. The zero-order chi connectivity index (χ0) is 8.55. The van der Waals surface area contributed by atoms with E-state index in [1.165, 1.54) is 6.07 Å². The van der Waals surface area contributed by atoms with Crippen LogP contribution in [-0.4, -0.2) is 23.0 Å². The molecule has 0 bridgehead atoms. The first kappa shape index (κ1) is 7.02. The van der Waals surface area contributed by atoms with Crippen molar-refractivity contribution in [3.63, 3.8) is 0 Å². The molecule has 1 aliphatic rings. The molecule has 2 rings (SSSR count). The Balaban J connectivity index is 2.43. The zero-order valence-corrected chi connectivity index (χ0v) is 6.30. The van der Waals surface area contributed by atoms with E-state index in [-0.39, 0.29) is 5.69 Å². The van der Waals surface area contributed by atoms with Gasteiger partial charge < -0.3 is 4.90 Å². The molecule has 1 fully saturated rings. The van der Waals surface area contributed by atoms with Crippen molar-refractivity contribution in [3.05, 3.63) is 28.4 Å². The molecular formula is C7H7N3O2. The van der Waals surface area contributed by atoms with Gasteiger partial charge in [-0.05, 0) is 6.07 Å². The van der Waals surface area contributed by atoms with E-state index in [1.807, 2.05) is 4.90 Å². The van der Waals surface area contributed by atoms with Crippen LogP contribution in [0, 0.1) is 10.1 Å². The van der Waals surface area contributed by atoms with Gasteiger partial charge in [0.25, 0.3) is 0 Å². The van der Waals surface area contributed by atoms with Crippen LogP contribution >= 0.6 is 0 Å². The largest absolute Gasteiger partial charge is 0.347 e. The Hall–Kier alpha value is -1.65. The number of rotatable bonds is 2. The maximum absolute atomic E-state index is 10.5. The summed E-state index contributed by atoms with van der Waals surface area (Å²) in [5, 5.41) is 10.5. The van der Waals surface area contributed by atoms with Crippen molar-refractivity contribution in [1.82, 2.24) is 4.98 Å². The monoisotopic (exact) mass is 165 g/mol. The summed E-state index contributed by atoms with van der Waals surface area (Å²) in [6, 6.07) is 3.05. The van der Waals surface area contributed by atoms with Gasteiger partial charge in [0, 0.05) is 25.4 Å². The lowest BCUT2D eigenvalue weighted by atomic mass is 10.4. The Morgan fingerprint density at radius 3 is 2.92 bits per heavy atom. The summed E-state index contributed by atoms with van der Waals surface area (Å²) >= 11 is 0. The van der Waals surface area contributed by atoms with Crippen LogP contribution in [0.3, 0.4) is 0 Å². The number of anilines is 1. The van der Waals surface area contributed by atoms with Crippen LogP contribution in [-0.2, 0) is 0 Å². The number of hydrogen-bond acceptors (Lipinski definition) is 4. The van der Waals surface area contributed by atoms with Gasteiger partial charge in [-0.2, -0.15) is 0 Å². The minimum absolute atomic E-state index is 0.0926. The molecule has 0 atom stereocenters. The molecule has 0 amide bonds. The number of pyridine rings is 1. The fourth-order valence-corrected chi connectivity index (χ4v) is 1.04. The summed E-state index contributed by atoms with van der Waals surface area (Å²) in [5.41, 5.74) is 0.0926. The molecule has 0 saturated carbocycles. The van der Waals surface area contributed by atoms with E-state index in [1.54, 1.807) is 12.3 Å². The van der Waals surface area contributed by atoms with Gasteiger partial charge in [-0.25, -0.2) is 4.98 Å². The summed E-state index contributed by atoms with van der Waals surface area (Å²) in [7, 11) is 0. The fourth-order valence-electron chi connectivity index (χ4n) is 1.04. The summed E-state index contributed by atoms with van der Waals surface area (Å²) in [6.07, 6.45) is 1.57. The van der Waals surface area contributed by atoms with Gasteiger partial charge in [0.1, 0.15) is 0 Å². The predicted octanol–water partition coefficient (Wildman–Crippen LogP) is 0.810. The second-order valence-corrected chi connectivity index (χ2v) is 2.59. The fraction of sp³-hybridized carbons (Fsp3) is 0.286. The van der Waals surface area contributed by atoms with Crippen LogP contribution in [0.2, 0.25) is 0 Å². The molecule has 0 aliphatic carbocycles. The standard InChI is InChI=1S/C7H7N3O2/c11-10(12)6-2-1-3-8-7(6)9-4-5-9/h1-3H,4-5H2. The molecule has 0 radical (unpaired) electrons. The first-order valence-electron chi connectivity index (χ1n) is 3.63. The van der Waals surface area contributed by atoms with E-state index < -0.39 is 4.92 Å². The normalized spacial score (nSPS) is 14.5. The van der Waals surface area contributed by atoms with Gasteiger partial charge >= 0.3 is 5.69 Å². The third-order valence-electron chi connectivity index (χ3n) is 1.71. The summed E-state index contributed by atoms with van der Waals surface area (Å²) in [5.74, 6) is 0.488. The van der Waals surface area contributed by atoms with Crippen molar-refractivity contribution in [1.29, 1.82) is 0 Å². The second-order valence-electron chi connectivity index (χ2n) is 2.59. The van der Waals surface area contributed by atoms with Crippen LogP contribution in [0.5, 0.6) is 0 Å². The average Bonchev–Trinajstić information content (AvgIpc) is 2.87. The zero-order valence-electron chi connectivity index (χ0n) is 6.30. The first-order chi connectivity index (χ1) is 5.79. The third kappa shape index (κ3) is 1.09. The molecule has 0 spiro atoms. The minimum Gasteiger partial charge on any atom is -0.347 e. The van der Waals surface area contributed by atoms with Gasteiger partial charge in [0.2, 0.25) is 5.82 Å². The van der Waals surface area contributed by atoms with Crippen molar-refractivity contribution in [2.24, 2.45) is 0 Å². The number of aromatic nitrogens is 1. The van der Waals surface area contributed by atoms with Crippen LogP contribution < -0.4 is 4.90 Å². The van der Waals surface area contributed by atoms with Crippen molar-refractivity contribution >= 4 is 11.5 Å². The Kier molecular flexibility index (Phi) is 1.43. The van der Waals surface area contributed by atoms with Crippen LogP contribution in [0.15, 0.2) is 18.3 Å².